The van der Waals surface area contributed by atoms with Crippen LogP contribution in [-0.4, -0.2) is 31.3 Å². The summed E-state index contributed by atoms with van der Waals surface area (Å²) in [5.74, 6) is 0.00611. The lowest BCUT2D eigenvalue weighted by Crippen LogP contribution is -2.23. The number of ether oxygens (including phenoxy) is 1. The average Bonchev–Trinajstić information content (AvgIpc) is 2.15. The van der Waals surface area contributed by atoms with E-state index < -0.39 is 0 Å². The highest BCUT2D eigenvalue weighted by Crippen LogP contribution is 2.01. The minimum Gasteiger partial charge on any atom is -0.374 e. The Morgan fingerprint density at radius 2 is 2.29 bits per heavy atom. The van der Waals surface area contributed by atoms with E-state index in [1.165, 1.54) is 6.92 Å². The minimum atomic E-state index is -0.298. The summed E-state index contributed by atoms with van der Waals surface area (Å²) >= 11 is 0. The number of ketones is 1. The fourth-order valence-electron chi connectivity index (χ4n) is 0.894. The van der Waals surface area contributed by atoms with Gasteiger partial charge in [0.25, 0.3) is 0 Å². The Balaban J connectivity index is 3.40. The number of carbonyl (C=O) groups excluding carboxylic acids is 2. The van der Waals surface area contributed by atoms with Crippen molar-refractivity contribution in [1.82, 2.24) is 0 Å². The molecule has 0 rings (SSSR count). The Morgan fingerprint density at radius 3 is 2.79 bits per heavy atom. The topological polar surface area (TPSA) is 69.4 Å². The maximum absolute atomic E-state index is 10.5. The highest BCUT2D eigenvalue weighted by molar-refractivity contribution is 5.76. The zero-order chi connectivity index (χ0) is 11.0. The summed E-state index contributed by atoms with van der Waals surface area (Å²) in [4.78, 5) is 20.8. The van der Waals surface area contributed by atoms with Crippen molar-refractivity contribution >= 4 is 12.1 Å². The first-order valence-electron chi connectivity index (χ1n) is 4.54. The largest absolute Gasteiger partial charge is 0.374 e. The number of carbonyl (C=O) groups is 2. The van der Waals surface area contributed by atoms with Crippen LogP contribution in [-0.2, 0) is 14.3 Å². The molecule has 0 aliphatic rings. The summed E-state index contributed by atoms with van der Waals surface area (Å²) in [5, 5.41) is 0. The average molecular weight is 199 g/mol. The van der Waals surface area contributed by atoms with Crippen molar-refractivity contribution in [3.8, 4) is 0 Å². The monoisotopic (exact) mass is 199 g/mol. The Bertz CT molecular complexity index is 213. The van der Waals surface area contributed by atoms with Crippen LogP contribution < -0.4 is 5.73 Å². The lowest BCUT2D eigenvalue weighted by molar-refractivity contribution is -0.121. The van der Waals surface area contributed by atoms with Crippen LogP contribution in [0.5, 0.6) is 0 Å². The van der Waals surface area contributed by atoms with Gasteiger partial charge < -0.3 is 10.5 Å². The molecule has 0 amide bonds. The lowest BCUT2D eigenvalue weighted by Gasteiger charge is -2.09. The smallest absolute Gasteiger partial charge is 0.155 e. The van der Waals surface area contributed by atoms with Crippen LogP contribution >= 0.6 is 0 Å². The van der Waals surface area contributed by atoms with Gasteiger partial charge in [0.15, 0.2) is 5.78 Å². The molecule has 0 saturated carbocycles. The van der Waals surface area contributed by atoms with Crippen molar-refractivity contribution in [1.29, 1.82) is 0 Å². The fourth-order valence-corrected chi connectivity index (χ4v) is 0.894. The molecule has 0 radical (unpaired) electrons. The van der Waals surface area contributed by atoms with Gasteiger partial charge in [0.2, 0.25) is 0 Å². The predicted molar refractivity (Wildman–Crippen MR) is 53.9 cm³/mol. The standard InChI is InChI=1S/C10H17NO3/c1-8(6-12)10(11)4-3-5-14-7-9(2)13/h6,10H,1,3-5,7,11H2,2H3. The van der Waals surface area contributed by atoms with Crippen LogP contribution in [0.25, 0.3) is 0 Å². The molecule has 0 saturated heterocycles. The van der Waals surface area contributed by atoms with Crippen molar-refractivity contribution in [3.05, 3.63) is 12.2 Å². The summed E-state index contributed by atoms with van der Waals surface area (Å²) in [6.45, 7) is 5.61. The van der Waals surface area contributed by atoms with E-state index >= 15 is 0 Å². The van der Waals surface area contributed by atoms with Gasteiger partial charge in [-0.1, -0.05) is 6.58 Å². The zero-order valence-electron chi connectivity index (χ0n) is 8.49. The third-order valence-corrected chi connectivity index (χ3v) is 1.74. The first-order chi connectivity index (χ1) is 6.57. The molecule has 0 heterocycles. The lowest BCUT2D eigenvalue weighted by atomic mass is 10.1. The Labute approximate surface area is 84.1 Å². The van der Waals surface area contributed by atoms with Crippen LogP contribution in [0.4, 0.5) is 0 Å². The molecule has 0 bridgehead atoms. The normalized spacial score (nSPS) is 12.1. The van der Waals surface area contributed by atoms with Gasteiger partial charge in [-0.2, -0.15) is 0 Å². The highest BCUT2D eigenvalue weighted by atomic mass is 16.5. The van der Waals surface area contributed by atoms with Gasteiger partial charge >= 0.3 is 0 Å². The molecule has 1 unspecified atom stereocenters. The van der Waals surface area contributed by atoms with E-state index in [1.54, 1.807) is 0 Å². The molecule has 1 atom stereocenters. The molecule has 14 heavy (non-hydrogen) atoms. The number of rotatable bonds is 8. The first-order valence-corrected chi connectivity index (χ1v) is 4.54. The number of hydrogen-bond acceptors (Lipinski definition) is 4. The second-order valence-electron chi connectivity index (χ2n) is 3.20. The van der Waals surface area contributed by atoms with E-state index in [4.69, 9.17) is 10.5 Å². The van der Waals surface area contributed by atoms with Crippen molar-refractivity contribution in [2.45, 2.75) is 25.8 Å². The zero-order valence-corrected chi connectivity index (χ0v) is 8.49. The van der Waals surface area contributed by atoms with E-state index in [1.807, 2.05) is 0 Å². The molecule has 0 aliphatic carbocycles. The SMILES string of the molecule is C=C(C=O)C(N)CCCOCC(C)=O. The van der Waals surface area contributed by atoms with Crippen molar-refractivity contribution < 1.29 is 14.3 Å². The molecule has 0 aliphatic heterocycles. The molecule has 0 spiro atoms. The third-order valence-electron chi connectivity index (χ3n) is 1.74. The second-order valence-corrected chi connectivity index (χ2v) is 3.20. The number of aldehydes is 1. The summed E-state index contributed by atoms with van der Waals surface area (Å²) in [6.07, 6.45) is 2.04. The van der Waals surface area contributed by atoms with Gasteiger partial charge in [-0.15, -0.1) is 0 Å². The summed E-state index contributed by atoms with van der Waals surface area (Å²) in [6, 6.07) is -0.298. The van der Waals surface area contributed by atoms with Crippen LogP contribution in [0, 0.1) is 0 Å². The van der Waals surface area contributed by atoms with Crippen molar-refractivity contribution in [3.63, 3.8) is 0 Å². The third kappa shape index (κ3) is 6.51. The maximum atomic E-state index is 10.5. The predicted octanol–water partition coefficient (Wildman–Crippen LogP) is 0.455. The van der Waals surface area contributed by atoms with E-state index in [-0.39, 0.29) is 18.4 Å². The molecule has 4 heteroatoms. The van der Waals surface area contributed by atoms with Crippen molar-refractivity contribution in [2.24, 2.45) is 5.73 Å². The van der Waals surface area contributed by atoms with Gasteiger partial charge in [0.1, 0.15) is 12.9 Å². The molecule has 0 aromatic heterocycles. The summed E-state index contributed by atoms with van der Waals surface area (Å²) in [7, 11) is 0. The van der Waals surface area contributed by atoms with Gasteiger partial charge in [0.05, 0.1) is 0 Å². The van der Waals surface area contributed by atoms with E-state index in [2.05, 4.69) is 6.58 Å². The Hall–Kier alpha value is -1.00. The number of Topliss-reactive ketones (excluding diaryl/α,β-unsaturated/α-hetero) is 1. The molecule has 4 nitrogen and oxygen atoms in total. The van der Waals surface area contributed by atoms with Gasteiger partial charge in [0, 0.05) is 18.2 Å². The maximum Gasteiger partial charge on any atom is 0.155 e. The highest BCUT2D eigenvalue weighted by Gasteiger charge is 2.05. The quantitative estimate of drug-likeness (QED) is 0.350. The Kier molecular flexibility index (Phi) is 6.88. The summed E-state index contributed by atoms with van der Waals surface area (Å²) in [5.41, 5.74) is 6.02. The van der Waals surface area contributed by atoms with E-state index in [9.17, 15) is 9.59 Å². The molecule has 80 valence electrons. The van der Waals surface area contributed by atoms with Crippen LogP contribution in [0.1, 0.15) is 19.8 Å². The fraction of sp³-hybridized carbons (Fsp3) is 0.600. The van der Waals surface area contributed by atoms with E-state index in [0.717, 1.165) is 6.42 Å². The first kappa shape index (κ1) is 13.0. The van der Waals surface area contributed by atoms with Crippen LogP contribution in [0.15, 0.2) is 12.2 Å². The Morgan fingerprint density at radius 1 is 1.64 bits per heavy atom. The molecular formula is C10H17NO3. The number of nitrogens with two attached hydrogens (primary N) is 1. The van der Waals surface area contributed by atoms with Crippen molar-refractivity contribution in [2.75, 3.05) is 13.2 Å². The molecule has 0 aromatic rings. The molecule has 2 N–H and O–H groups in total. The second kappa shape index (κ2) is 7.41. The summed E-state index contributed by atoms with van der Waals surface area (Å²) < 4.78 is 5.04. The van der Waals surface area contributed by atoms with Crippen LogP contribution in [0.3, 0.4) is 0 Å². The van der Waals surface area contributed by atoms with Crippen LogP contribution in [0.2, 0.25) is 0 Å². The molecular weight excluding hydrogens is 182 g/mol. The van der Waals surface area contributed by atoms with E-state index in [0.29, 0.717) is 24.9 Å². The molecule has 0 aromatic carbocycles. The number of hydrogen-bond donors (Lipinski definition) is 1. The van der Waals surface area contributed by atoms with Gasteiger partial charge in [-0.05, 0) is 19.8 Å². The molecule has 0 fully saturated rings. The van der Waals surface area contributed by atoms with Gasteiger partial charge in [-0.25, -0.2) is 0 Å². The minimum absolute atomic E-state index is 0.00611. The van der Waals surface area contributed by atoms with Gasteiger partial charge in [-0.3, -0.25) is 9.59 Å².